The van der Waals surface area contributed by atoms with Gasteiger partial charge in [0.25, 0.3) is 0 Å². The molecule has 0 unspecified atom stereocenters. The molecule has 0 saturated carbocycles. The molecular formula is C31H25F7O. The van der Waals surface area contributed by atoms with Crippen LogP contribution < -0.4 is 4.74 Å². The van der Waals surface area contributed by atoms with E-state index in [9.17, 15) is 30.7 Å². The summed E-state index contributed by atoms with van der Waals surface area (Å²) in [5.41, 5.74) is 0.906. The molecule has 0 aliphatic heterocycles. The van der Waals surface area contributed by atoms with Crippen LogP contribution in [0.25, 0.3) is 22.3 Å². The van der Waals surface area contributed by atoms with E-state index in [0.29, 0.717) is 17.7 Å². The monoisotopic (exact) mass is 546 g/mol. The van der Waals surface area contributed by atoms with Gasteiger partial charge in [-0.2, -0.15) is 8.78 Å². The maximum Gasteiger partial charge on any atom is 0.432 e. The van der Waals surface area contributed by atoms with Crippen molar-refractivity contribution in [1.82, 2.24) is 0 Å². The van der Waals surface area contributed by atoms with Gasteiger partial charge in [0.15, 0.2) is 17.5 Å². The van der Waals surface area contributed by atoms with Crippen LogP contribution in [0.4, 0.5) is 30.7 Å². The van der Waals surface area contributed by atoms with Crippen LogP contribution >= 0.6 is 0 Å². The van der Waals surface area contributed by atoms with Crippen molar-refractivity contribution in [3.8, 4) is 28.0 Å². The van der Waals surface area contributed by atoms with E-state index >= 15 is 0 Å². The van der Waals surface area contributed by atoms with Gasteiger partial charge in [0, 0.05) is 11.6 Å². The fourth-order valence-electron chi connectivity index (χ4n) is 4.28. The zero-order valence-corrected chi connectivity index (χ0v) is 21.2. The summed E-state index contributed by atoms with van der Waals surface area (Å²) in [6.07, 6.45) is -0.209. The Kier molecular flexibility index (Phi) is 8.33. The minimum atomic E-state index is -4.65. The van der Waals surface area contributed by atoms with Gasteiger partial charge < -0.3 is 4.74 Å². The lowest BCUT2D eigenvalue weighted by Gasteiger charge is -2.21. The summed E-state index contributed by atoms with van der Waals surface area (Å²) in [6.45, 7) is 3.02. The van der Waals surface area contributed by atoms with Crippen molar-refractivity contribution in [3.05, 3.63) is 113 Å². The van der Waals surface area contributed by atoms with E-state index in [0.717, 1.165) is 37.3 Å². The Bertz CT molecular complexity index is 1440. The molecule has 4 aromatic carbocycles. The summed E-state index contributed by atoms with van der Waals surface area (Å²) in [4.78, 5) is 0. The van der Waals surface area contributed by atoms with E-state index in [1.807, 2.05) is 12.1 Å². The maximum atomic E-state index is 14.8. The van der Waals surface area contributed by atoms with Crippen molar-refractivity contribution < 1.29 is 35.5 Å². The van der Waals surface area contributed by atoms with Gasteiger partial charge in [-0.1, -0.05) is 68.3 Å². The average molecular weight is 547 g/mol. The summed E-state index contributed by atoms with van der Waals surface area (Å²) in [6, 6.07) is 16.4. The fourth-order valence-corrected chi connectivity index (χ4v) is 4.28. The molecule has 0 saturated heterocycles. The molecular weight excluding hydrogens is 521 g/mol. The van der Waals surface area contributed by atoms with E-state index in [1.165, 1.54) is 12.0 Å². The summed E-state index contributed by atoms with van der Waals surface area (Å²) in [7, 11) is 0. The zero-order valence-electron chi connectivity index (χ0n) is 21.2. The zero-order chi connectivity index (χ0) is 28.3. The van der Waals surface area contributed by atoms with Crippen LogP contribution in [-0.2, 0) is 12.5 Å². The Labute approximate surface area is 221 Å². The van der Waals surface area contributed by atoms with E-state index in [-0.39, 0.29) is 11.6 Å². The number of alkyl halides is 2. The number of aryl methyl sites for hydroxylation is 1. The second kappa shape index (κ2) is 11.5. The van der Waals surface area contributed by atoms with Crippen molar-refractivity contribution in [2.24, 2.45) is 0 Å². The number of unbranched alkanes of at least 4 members (excludes halogenated alkanes) is 2. The van der Waals surface area contributed by atoms with Gasteiger partial charge in [-0.05, 0) is 59.7 Å². The lowest BCUT2D eigenvalue weighted by Crippen LogP contribution is -2.26. The smallest absolute Gasteiger partial charge is 0.428 e. The normalized spacial score (nSPS) is 11.6. The molecule has 1 nitrogen and oxygen atoms in total. The van der Waals surface area contributed by atoms with Crippen LogP contribution in [-0.4, -0.2) is 0 Å². The number of hydrogen-bond donors (Lipinski definition) is 0. The van der Waals surface area contributed by atoms with Gasteiger partial charge >= 0.3 is 6.11 Å². The van der Waals surface area contributed by atoms with Crippen molar-refractivity contribution in [2.45, 2.75) is 45.6 Å². The van der Waals surface area contributed by atoms with E-state index in [4.69, 9.17) is 0 Å². The predicted molar refractivity (Wildman–Crippen MR) is 136 cm³/mol. The third kappa shape index (κ3) is 6.10. The Morgan fingerprint density at radius 1 is 0.641 bits per heavy atom. The Morgan fingerprint density at radius 2 is 1.15 bits per heavy atom. The molecule has 0 spiro atoms. The predicted octanol–water partition coefficient (Wildman–Crippen LogP) is 9.89. The third-order valence-corrected chi connectivity index (χ3v) is 6.50. The molecule has 0 fully saturated rings. The van der Waals surface area contributed by atoms with E-state index in [2.05, 4.69) is 23.8 Å². The quantitative estimate of drug-likeness (QED) is 0.115. The first-order valence-electron chi connectivity index (χ1n) is 12.4. The average Bonchev–Trinajstić information content (AvgIpc) is 2.90. The SMILES string of the molecule is CCCCCc1ccc(-c2ccc(-c3cc(F)c(C(F)(F)Oc4cc(F)c(F)c(F)c4C)c(F)c3)cc2)cc1. The number of ether oxygens (including phenoxy) is 1. The van der Waals surface area contributed by atoms with E-state index in [1.54, 1.807) is 24.3 Å². The van der Waals surface area contributed by atoms with Gasteiger partial charge in [0.05, 0.1) is 0 Å². The molecule has 39 heavy (non-hydrogen) atoms. The minimum absolute atomic E-state index is 0.00239. The highest BCUT2D eigenvalue weighted by Gasteiger charge is 2.42. The highest BCUT2D eigenvalue weighted by Crippen LogP contribution is 2.39. The Morgan fingerprint density at radius 3 is 1.69 bits per heavy atom. The molecule has 8 heteroatoms. The standard InChI is InChI=1S/C31H25F7O/c1-3-4-5-6-19-7-9-20(10-8-19)21-11-13-22(14-12-21)23-15-24(32)28(25(33)16-23)31(37,38)39-27-17-26(34)30(36)29(35)18(27)2/h7-17H,3-6H2,1-2H3. The second-order valence-corrected chi connectivity index (χ2v) is 9.27. The fraction of sp³-hybridized carbons (Fsp3) is 0.226. The summed E-state index contributed by atoms with van der Waals surface area (Å²) in [5, 5.41) is 0. The van der Waals surface area contributed by atoms with Crippen molar-refractivity contribution in [1.29, 1.82) is 0 Å². The molecule has 0 radical (unpaired) electrons. The van der Waals surface area contributed by atoms with Crippen molar-refractivity contribution in [3.63, 3.8) is 0 Å². The van der Waals surface area contributed by atoms with Crippen LogP contribution in [0.3, 0.4) is 0 Å². The van der Waals surface area contributed by atoms with Gasteiger partial charge in [-0.15, -0.1) is 0 Å². The van der Waals surface area contributed by atoms with Gasteiger partial charge in [0.2, 0.25) is 0 Å². The summed E-state index contributed by atoms with van der Waals surface area (Å²) in [5.74, 6) is -9.76. The third-order valence-electron chi connectivity index (χ3n) is 6.50. The topological polar surface area (TPSA) is 9.23 Å². The molecule has 4 aromatic rings. The summed E-state index contributed by atoms with van der Waals surface area (Å²) < 4.78 is 104. The second-order valence-electron chi connectivity index (χ2n) is 9.27. The van der Waals surface area contributed by atoms with Crippen molar-refractivity contribution >= 4 is 0 Å². The minimum Gasteiger partial charge on any atom is -0.428 e. The van der Waals surface area contributed by atoms with Crippen LogP contribution in [0.2, 0.25) is 0 Å². The lowest BCUT2D eigenvalue weighted by molar-refractivity contribution is -0.190. The molecule has 0 aliphatic carbocycles. The number of halogens is 7. The first kappa shape index (κ1) is 28.2. The Balaban J connectivity index is 1.56. The Hall–Kier alpha value is -3.81. The molecule has 0 amide bonds. The molecule has 4 rings (SSSR count). The number of hydrogen-bond acceptors (Lipinski definition) is 1. The van der Waals surface area contributed by atoms with Crippen LogP contribution in [0.5, 0.6) is 5.75 Å². The molecule has 0 heterocycles. The first-order valence-corrected chi connectivity index (χ1v) is 12.4. The van der Waals surface area contributed by atoms with Gasteiger partial charge in [-0.3, -0.25) is 0 Å². The lowest BCUT2D eigenvalue weighted by atomic mass is 9.97. The van der Waals surface area contributed by atoms with Gasteiger partial charge in [-0.25, -0.2) is 22.0 Å². The highest BCUT2D eigenvalue weighted by molar-refractivity contribution is 5.71. The molecule has 0 N–H and O–H groups in total. The van der Waals surface area contributed by atoms with Gasteiger partial charge in [0.1, 0.15) is 22.9 Å². The molecule has 204 valence electrons. The first-order chi connectivity index (χ1) is 18.5. The van der Waals surface area contributed by atoms with E-state index < -0.39 is 52.1 Å². The number of rotatable bonds is 9. The van der Waals surface area contributed by atoms with Crippen LogP contribution in [0, 0.1) is 36.0 Å². The summed E-state index contributed by atoms with van der Waals surface area (Å²) >= 11 is 0. The van der Waals surface area contributed by atoms with Crippen molar-refractivity contribution in [2.75, 3.05) is 0 Å². The molecule has 0 aliphatic rings. The highest BCUT2D eigenvalue weighted by atomic mass is 19.3. The molecule has 0 atom stereocenters. The maximum absolute atomic E-state index is 14.8. The largest absolute Gasteiger partial charge is 0.432 e. The van der Waals surface area contributed by atoms with Crippen LogP contribution in [0.1, 0.15) is 42.9 Å². The molecule has 0 aromatic heterocycles. The molecule has 0 bridgehead atoms. The van der Waals surface area contributed by atoms with Crippen LogP contribution in [0.15, 0.2) is 66.7 Å². The number of benzene rings is 4.